The smallest absolute Gasteiger partial charge is 0.416 e. The highest BCUT2D eigenvalue weighted by Gasteiger charge is 2.51. The van der Waals surface area contributed by atoms with Crippen LogP contribution in [0.4, 0.5) is 18.9 Å². The van der Waals surface area contributed by atoms with E-state index in [0.29, 0.717) is 18.7 Å². The molecule has 8 heteroatoms. The molecule has 2 heterocycles. The molecule has 7 rings (SSSR count). The third kappa shape index (κ3) is 3.24. The number of aliphatic hydroxyl groups is 1. The number of aryl methyl sites for hydroxylation is 2. The molecule has 0 radical (unpaired) electrons. The summed E-state index contributed by atoms with van der Waals surface area (Å²) in [4.78, 5) is 0.267. The first-order chi connectivity index (χ1) is 17.8. The maximum absolute atomic E-state index is 15.4. The minimum atomic E-state index is -4.49. The third-order valence-electron chi connectivity index (χ3n) is 8.22. The molecule has 1 atom stereocenters. The van der Waals surface area contributed by atoms with Gasteiger partial charge in [-0.05, 0) is 85.0 Å². The Balaban J connectivity index is 1.54. The summed E-state index contributed by atoms with van der Waals surface area (Å²) >= 11 is 0. The van der Waals surface area contributed by atoms with E-state index in [4.69, 9.17) is 0 Å². The van der Waals surface area contributed by atoms with Crippen LogP contribution in [0.2, 0.25) is 0 Å². The quantitative estimate of drug-likeness (QED) is 0.386. The van der Waals surface area contributed by atoms with Crippen LogP contribution < -0.4 is 0 Å². The van der Waals surface area contributed by atoms with Gasteiger partial charge in [-0.2, -0.15) is 17.4 Å². The van der Waals surface area contributed by atoms with Crippen molar-refractivity contribution in [3.63, 3.8) is 0 Å². The molecule has 0 aromatic heterocycles. The Hall–Kier alpha value is -3.26. The van der Waals surface area contributed by atoms with Crippen molar-refractivity contribution in [1.82, 2.24) is 4.31 Å². The first kappa shape index (κ1) is 22.9. The lowest BCUT2D eigenvalue weighted by molar-refractivity contribution is -0.396. The Morgan fingerprint density at radius 1 is 0.838 bits per heavy atom. The molecule has 3 aromatic carbocycles. The molecule has 0 amide bonds. The molecular formula is C29H26F3N2O2S+. The zero-order valence-corrected chi connectivity index (χ0v) is 21.0. The molecule has 2 aliphatic heterocycles. The Bertz CT molecular complexity index is 1600. The highest BCUT2D eigenvalue weighted by atomic mass is 32.2. The van der Waals surface area contributed by atoms with Crippen LogP contribution in [-0.4, -0.2) is 17.6 Å². The standard InChI is InChI=1S/C29H25F3N2O2S/c30-29(31,32)22-11-13-23(14-12-22)37(36)33-17-21-6-2-1-5-18(21)16-26(33)28(35)34(37)27-24-9-3-7-19(24)15-20-8-4-10-25(20)27/h1-2,5-6,11-15H,3-4,7-10,16-17H2/p+1. The normalized spacial score (nSPS) is 22.2. The van der Waals surface area contributed by atoms with Crippen molar-refractivity contribution in [2.45, 2.75) is 62.6 Å². The zero-order chi connectivity index (χ0) is 25.5. The lowest BCUT2D eigenvalue weighted by Crippen LogP contribution is -2.33. The van der Waals surface area contributed by atoms with Gasteiger partial charge in [0.2, 0.25) is 5.69 Å². The largest absolute Gasteiger partial charge is 0.458 e. The summed E-state index contributed by atoms with van der Waals surface area (Å²) in [5.74, 6) is -0.0474. The van der Waals surface area contributed by atoms with Crippen LogP contribution in [0.15, 0.2) is 71.1 Å². The predicted molar refractivity (Wildman–Crippen MR) is 134 cm³/mol. The second-order valence-electron chi connectivity index (χ2n) is 10.3. The molecule has 0 fully saturated rings. The Kier molecular flexibility index (Phi) is 4.87. The topological polar surface area (TPSA) is 43.6 Å². The minimum Gasteiger partial charge on any atom is -0.458 e. The van der Waals surface area contributed by atoms with Crippen LogP contribution in [-0.2, 0) is 54.7 Å². The molecule has 2 aliphatic carbocycles. The second-order valence-corrected chi connectivity index (χ2v) is 12.5. The molecule has 0 spiro atoms. The van der Waals surface area contributed by atoms with Crippen LogP contribution in [0.25, 0.3) is 0 Å². The lowest BCUT2D eigenvalue weighted by atomic mass is 9.97. The number of aliphatic hydroxyl groups excluding tert-OH is 1. The molecule has 4 aliphatic rings. The maximum Gasteiger partial charge on any atom is 0.416 e. The van der Waals surface area contributed by atoms with Crippen molar-refractivity contribution in [2.24, 2.45) is 0 Å². The molecule has 1 unspecified atom stereocenters. The third-order valence-corrected chi connectivity index (χ3v) is 10.9. The van der Waals surface area contributed by atoms with Gasteiger partial charge >= 0.3 is 12.1 Å². The Morgan fingerprint density at radius 3 is 2.08 bits per heavy atom. The van der Waals surface area contributed by atoms with E-state index < -0.39 is 21.7 Å². The fourth-order valence-corrected chi connectivity index (χ4v) is 9.20. The van der Waals surface area contributed by atoms with Gasteiger partial charge in [-0.1, -0.05) is 34.3 Å². The van der Waals surface area contributed by atoms with Crippen LogP contribution in [0, 0.1) is 0 Å². The van der Waals surface area contributed by atoms with Gasteiger partial charge in [-0.25, -0.2) is 4.31 Å². The van der Waals surface area contributed by atoms with Crippen molar-refractivity contribution in [3.05, 3.63) is 105 Å². The van der Waals surface area contributed by atoms with E-state index in [1.165, 1.54) is 23.3 Å². The van der Waals surface area contributed by atoms with Crippen molar-refractivity contribution in [1.29, 1.82) is 0 Å². The van der Waals surface area contributed by atoms with Crippen LogP contribution >= 0.6 is 0 Å². The van der Waals surface area contributed by atoms with Gasteiger partial charge in [0.05, 0.1) is 12.1 Å². The summed E-state index contributed by atoms with van der Waals surface area (Å²) in [6.45, 7) is 0.309. The van der Waals surface area contributed by atoms with Crippen molar-refractivity contribution < 1.29 is 26.4 Å². The van der Waals surface area contributed by atoms with E-state index >= 15 is 4.21 Å². The number of halogens is 3. The summed E-state index contributed by atoms with van der Waals surface area (Å²) < 4.78 is 58.9. The number of rotatable bonds is 2. The molecule has 0 saturated heterocycles. The SMILES string of the molecule is O=S1(c2ccc(C(F)(F)F)cc2)=[N+](c2c3c(cc4c2CCC4)CCC3)C(O)=C2Cc3ccccc3CN21. The highest BCUT2D eigenvalue weighted by molar-refractivity contribution is 7.89. The van der Waals surface area contributed by atoms with E-state index in [1.54, 1.807) is 8.25 Å². The summed E-state index contributed by atoms with van der Waals surface area (Å²) in [6.07, 6.45) is 1.46. The van der Waals surface area contributed by atoms with Gasteiger partial charge < -0.3 is 5.11 Å². The number of benzene rings is 3. The van der Waals surface area contributed by atoms with Gasteiger partial charge in [0.1, 0.15) is 10.6 Å². The predicted octanol–water partition coefficient (Wildman–Crippen LogP) is 6.57. The maximum atomic E-state index is 15.4. The van der Waals surface area contributed by atoms with Gasteiger partial charge in [0.15, 0.2) is 0 Å². The van der Waals surface area contributed by atoms with Crippen molar-refractivity contribution in [3.8, 4) is 0 Å². The second kappa shape index (κ2) is 7.87. The summed E-state index contributed by atoms with van der Waals surface area (Å²) in [5.41, 5.74) is 7.35. The van der Waals surface area contributed by atoms with Crippen LogP contribution in [0.1, 0.15) is 51.8 Å². The number of hydrogen-bond acceptors (Lipinski definition) is 2. The molecule has 3 aromatic rings. The van der Waals surface area contributed by atoms with Gasteiger partial charge in [-0.15, -0.1) is 0 Å². The number of hydrogen-bond donors (Lipinski definition) is 1. The van der Waals surface area contributed by atoms with Crippen molar-refractivity contribution >= 4 is 15.6 Å². The van der Waals surface area contributed by atoms with E-state index in [2.05, 4.69) is 6.07 Å². The Morgan fingerprint density at radius 2 is 1.46 bits per heavy atom. The molecule has 0 bridgehead atoms. The Labute approximate surface area is 214 Å². The van der Waals surface area contributed by atoms with Crippen LogP contribution in [0.3, 0.4) is 0 Å². The van der Waals surface area contributed by atoms with E-state index in [0.717, 1.165) is 78.6 Å². The number of fused-ring (bicyclic) bond motifs is 4. The van der Waals surface area contributed by atoms with E-state index in [-0.39, 0.29) is 10.8 Å². The number of alkyl halides is 3. The average Bonchev–Trinajstić information content (AvgIpc) is 3.60. The summed E-state index contributed by atoms with van der Waals surface area (Å²) in [6, 6.07) is 14.8. The molecule has 4 nitrogen and oxygen atoms in total. The zero-order valence-electron chi connectivity index (χ0n) is 20.1. The summed E-state index contributed by atoms with van der Waals surface area (Å²) in [5, 5.41) is 11.8. The van der Waals surface area contributed by atoms with E-state index in [1.807, 2.05) is 24.3 Å². The molecule has 190 valence electrons. The van der Waals surface area contributed by atoms with Crippen molar-refractivity contribution in [2.75, 3.05) is 0 Å². The van der Waals surface area contributed by atoms with E-state index in [9.17, 15) is 18.3 Å². The fraction of sp³-hybridized carbons (Fsp3) is 0.310. The first-order valence-corrected chi connectivity index (χ1v) is 14.2. The monoisotopic (exact) mass is 523 g/mol. The van der Waals surface area contributed by atoms with Crippen LogP contribution in [0.5, 0.6) is 0 Å². The van der Waals surface area contributed by atoms with Gasteiger partial charge in [0.25, 0.3) is 9.92 Å². The average molecular weight is 524 g/mol. The fourth-order valence-electron chi connectivity index (χ4n) is 6.48. The molecule has 37 heavy (non-hydrogen) atoms. The molecular weight excluding hydrogens is 497 g/mol. The highest BCUT2D eigenvalue weighted by Crippen LogP contribution is 2.47. The van der Waals surface area contributed by atoms with Gasteiger partial charge in [-0.3, -0.25) is 0 Å². The summed E-state index contributed by atoms with van der Waals surface area (Å²) in [7, 11) is -3.35. The number of allylic oxidation sites excluding steroid dienone is 1. The number of nitrogens with zero attached hydrogens (tertiary/aromatic N) is 2. The minimum absolute atomic E-state index is 0.0474. The molecule has 0 saturated carbocycles. The lowest BCUT2D eigenvalue weighted by Gasteiger charge is -2.27. The van der Waals surface area contributed by atoms with Gasteiger partial charge in [0, 0.05) is 17.5 Å². The first-order valence-electron chi connectivity index (χ1n) is 12.7. The molecule has 1 N–H and O–H groups in total.